The van der Waals surface area contributed by atoms with E-state index in [1.165, 1.54) is 17.2 Å². The van der Waals surface area contributed by atoms with E-state index in [1.807, 2.05) is 0 Å². The summed E-state index contributed by atoms with van der Waals surface area (Å²) in [7, 11) is 1.64. The number of nitrogen functional groups attached to an aromatic ring is 1. The van der Waals surface area contributed by atoms with Crippen LogP contribution in [0.25, 0.3) is 11.2 Å². The number of nitrogens with zero attached hydrogens (tertiary/aromatic N) is 5. The summed E-state index contributed by atoms with van der Waals surface area (Å²) in [6.45, 7) is 3.42. The third-order valence-corrected chi connectivity index (χ3v) is 3.81. The van der Waals surface area contributed by atoms with Crippen LogP contribution in [0.4, 0.5) is 11.5 Å². The molecule has 0 aromatic carbocycles. The highest BCUT2D eigenvalue weighted by atomic mass is 16.2. The van der Waals surface area contributed by atoms with Crippen molar-refractivity contribution in [2.45, 2.75) is 19.9 Å². The summed E-state index contributed by atoms with van der Waals surface area (Å²) in [5.41, 5.74) is 7.69. The van der Waals surface area contributed by atoms with Gasteiger partial charge in [0, 0.05) is 18.8 Å². The molecule has 9 heteroatoms. The van der Waals surface area contributed by atoms with E-state index in [2.05, 4.69) is 20.3 Å². The number of fused-ring (bicyclic) bond motifs is 1. The molecule has 124 valence electrons. The summed E-state index contributed by atoms with van der Waals surface area (Å²) >= 11 is 0. The smallest absolute Gasteiger partial charge is 0.253 e. The van der Waals surface area contributed by atoms with Crippen molar-refractivity contribution in [2.24, 2.45) is 7.05 Å². The first-order chi connectivity index (χ1) is 11.4. The number of hydrogen-bond donors (Lipinski definition) is 2. The molecule has 0 saturated carbocycles. The lowest BCUT2D eigenvalue weighted by Gasteiger charge is -2.15. The van der Waals surface area contributed by atoms with Crippen LogP contribution in [0.5, 0.6) is 0 Å². The molecule has 0 saturated heterocycles. The molecule has 0 aliphatic carbocycles. The first-order valence-corrected chi connectivity index (χ1v) is 7.29. The Bertz CT molecular complexity index is 963. The van der Waals surface area contributed by atoms with Crippen molar-refractivity contribution in [3.05, 3.63) is 40.8 Å². The molecular weight excluding hydrogens is 310 g/mol. The maximum Gasteiger partial charge on any atom is 0.253 e. The minimum absolute atomic E-state index is 0.103. The molecule has 9 nitrogen and oxygen atoms in total. The minimum Gasteiger partial charge on any atom is -0.382 e. The van der Waals surface area contributed by atoms with Gasteiger partial charge in [-0.05, 0) is 19.9 Å². The molecular formula is C15H17N7O2. The van der Waals surface area contributed by atoms with Gasteiger partial charge in [-0.1, -0.05) is 0 Å². The molecule has 1 amide bonds. The molecule has 3 rings (SSSR count). The maximum absolute atomic E-state index is 12.5. The standard InChI is InChI=1S/C15H17N7O2/c1-8-4-10(5-21(3)15(8)24)20-14(23)9(2)22-7-19-11-12(16)17-6-18-13(11)22/h4-7,9H,1-3H3,(H,20,23)(H2,16,17,18). The van der Waals surface area contributed by atoms with Crippen LogP contribution in [0, 0.1) is 6.92 Å². The Morgan fingerprint density at radius 2 is 2.08 bits per heavy atom. The molecule has 0 radical (unpaired) electrons. The molecule has 3 aromatic heterocycles. The van der Waals surface area contributed by atoms with Gasteiger partial charge in [-0.25, -0.2) is 15.0 Å². The Morgan fingerprint density at radius 3 is 2.79 bits per heavy atom. The lowest BCUT2D eigenvalue weighted by atomic mass is 10.2. The Morgan fingerprint density at radius 1 is 1.33 bits per heavy atom. The number of hydrogen-bond acceptors (Lipinski definition) is 6. The molecule has 3 N–H and O–H groups in total. The van der Waals surface area contributed by atoms with Crippen molar-refractivity contribution in [2.75, 3.05) is 11.1 Å². The van der Waals surface area contributed by atoms with Gasteiger partial charge in [0.1, 0.15) is 17.9 Å². The van der Waals surface area contributed by atoms with Crippen LogP contribution in [0.3, 0.4) is 0 Å². The largest absolute Gasteiger partial charge is 0.382 e. The zero-order valence-electron chi connectivity index (χ0n) is 13.5. The molecule has 0 aliphatic rings. The maximum atomic E-state index is 12.5. The van der Waals surface area contributed by atoms with Gasteiger partial charge < -0.3 is 20.2 Å². The van der Waals surface area contributed by atoms with E-state index in [1.54, 1.807) is 37.7 Å². The summed E-state index contributed by atoms with van der Waals surface area (Å²) in [5.74, 6) is 0.00424. The van der Waals surface area contributed by atoms with Gasteiger partial charge in [0.25, 0.3) is 5.56 Å². The van der Waals surface area contributed by atoms with Crippen LogP contribution in [-0.2, 0) is 11.8 Å². The first kappa shape index (κ1) is 15.7. The number of carbonyl (C=O) groups excluding carboxylic acids is 1. The number of aryl methyl sites for hydroxylation is 2. The van der Waals surface area contributed by atoms with Crippen LogP contribution in [0.2, 0.25) is 0 Å². The van der Waals surface area contributed by atoms with Gasteiger partial charge in [0.05, 0.1) is 12.0 Å². The van der Waals surface area contributed by atoms with E-state index < -0.39 is 6.04 Å². The van der Waals surface area contributed by atoms with E-state index in [9.17, 15) is 9.59 Å². The average molecular weight is 327 g/mol. The first-order valence-electron chi connectivity index (χ1n) is 7.29. The highest BCUT2D eigenvalue weighted by molar-refractivity contribution is 5.94. The fourth-order valence-corrected chi connectivity index (χ4v) is 2.47. The quantitative estimate of drug-likeness (QED) is 0.727. The number of carbonyl (C=O) groups is 1. The van der Waals surface area contributed by atoms with Crippen molar-refractivity contribution in [3.63, 3.8) is 0 Å². The highest BCUT2D eigenvalue weighted by Gasteiger charge is 2.19. The molecule has 0 bridgehead atoms. The van der Waals surface area contributed by atoms with Crippen molar-refractivity contribution < 1.29 is 4.79 Å². The molecule has 1 unspecified atom stereocenters. The minimum atomic E-state index is -0.568. The topological polar surface area (TPSA) is 121 Å². The van der Waals surface area contributed by atoms with Crippen LogP contribution in [-0.4, -0.2) is 30.0 Å². The number of rotatable bonds is 3. The number of nitrogens with one attached hydrogen (secondary N) is 1. The Kier molecular flexibility index (Phi) is 3.76. The van der Waals surface area contributed by atoms with E-state index in [-0.39, 0.29) is 17.3 Å². The van der Waals surface area contributed by atoms with Gasteiger partial charge in [-0.3, -0.25) is 9.59 Å². The lowest BCUT2D eigenvalue weighted by Crippen LogP contribution is -2.25. The van der Waals surface area contributed by atoms with E-state index in [0.717, 1.165) is 0 Å². The lowest BCUT2D eigenvalue weighted by molar-refractivity contribution is -0.118. The van der Waals surface area contributed by atoms with Gasteiger partial charge in [-0.15, -0.1) is 0 Å². The second-order valence-electron chi connectivity index (χ2n) is 5.58. The van der Waals surface area contributed by atoms with Crippen molar-refractivity contribution >= 4 is 28.6 Å². The summed E-state index contributed by atoms with van der Waals surface area (Å²) in [4.78, 5) is 36.4. The zero-order chi connectivity index (χ0) is 17.4. The number of anilines is 2. The van der Waals surface area contributed by atoms with Crippen LogP contribution < -0.4 is 16.6 Å². The number of imidazole rings is 1. The number of aromatic nitrogens is 5. The summed E-state index contributed by atoms with van der Waals surface area (Å²) in [6.07, 6.45) is 4.41. The predicted molar refractivity (Wildman–Crippen MR) is 89.5 cm³/mol. The predicted octanol–water partition coefficient (Wildman–Crippen LogP) is 0.615. The van der Waals surface area contributed by atoms with Crippen molar-refractivity contribution in [1.29, 1.82) is 0 Å². The Hall–Kier alpha value is -3.23. The molecule has 3 heterocycles. The van der Waals surface area contributed by atoms with E-state index in [4.69, 9.17) is 5.73 Å². The summed E-state index contributed by atoms with van der Waals surface area (Å²) in [6, 6.07) is 1.07. The number of nitrogens with two attached hydrogens (primary N) is 1. The molecule has 1 atom stereocenters. The fourth-order valence-electron chi connectivity index (χ4n) is 2.47. The molecule has 0 aliphatic heterocycles. The van der Waals surface area contributed by atoms with Crippen LogP contribution in [0.15, 0.2) is 29.7 Å². The number of pyridine rings is 1. The van der Waals surface area contributed by atoms with Crippen LogP contribution in [0.1, 0.15) is 18.5 Å². The third-order valence-electron chi connectivity index (χ3n) is 3.81. The molecule has 0 spiro atoms. The van der Waals surface area contributed by atoms with Crippen LogP contribution >= 0.6 is 0 Å². The fraction of sp³-hybridized carbons (Fsp3) is 0.267. The zero-order valence-corrected chi connectivity index (χ0v) is 13.5. The Labute approximate surface area is 137 Å². The molecule has 0 fully saturated rings. The Balaban J connectivity index is 1.89. The SMILES string of the molecule is Cc1cc(NC(=O)C(C)n2cnc3c(N)ncnc32)cn(C)c1=O. The average Bonchev–Trinajstić information content (AvgIpc) is 2.97. The summed E-state index contributed by atoms with van der Waals surface area (Å²) < 4.78 is 3.05. The van der Waals surface area contributed by atoms with Crippen molar-refractivity contribution in [3.8, 4) is 0 Å². The van der Waals surface area contributed by atoms with Gasteiger partial charge in [-0.2, -0.15) is 0 Å². The highest BCUT2D eigenvalue weighted by Crippen LogP contribution is 2.19. The number of amides is 1. The third kappa shape index (κ3) is 2.60. The van der Waals surface area contributed by atoms with Gasteiger partial charge in [0.15, 0.2) is 11.5 Å². The second kappa shape index (κ2) is 5.76. The monoisotopic (exact) mass is 327 g/mol. The van der Waals surface area contributed by atoms with Gasteiger partial charge >= 0.3 is 0 Å². The summed E-state index contributed by atoms with van der Waals surface area (Å²) in [5, 5.41) is 2.80. The van der Waals surface area contributed by atoms with E-state index >= 15 is 0 Å². The second-order valence-corrected chi connectivity index (χ2v) is 5.58. The molecule has 24 heavy (non-hydrogen) atoms. The normalized spacial score (nSPS) is 12.3. The van der Waals surface area contributed by atoms with Crippen molar-refractivity contribution in [1.82, 2.24) is 24.1 Å². The molecule has 3 aromatic rings. The van der Waals surface area contributed by atoms with Gasteiger partial charge in [0.2, 0.25) is 5.91 Å². The van der Waals surface area contributed by atoms with E-state index in [0.29, 0.717) is 22.4 Å².